The average molecular weight is 337 g/mol. The van der Waals surface area contributed by atoms with Crippen molar-refractivity contribution in [2.45, 2.75) is 18.3 Å². The van der Waals surface area contributed by atoms with Crippen LogP contribution in [0, 0.1) is 0 Å². The van der Waals surface area contributed by atoms with Crippen LogP contribution >= 0.6 is 0 Å². The molecule has 25 heavy (non-hydrogen) atoms. The summed E-state index contributed by atoms with van der Waals surface area (Å²) < 4.78 is 5.21. The summed E-state index contributed by atoms with van der Waals surface area (Å²) in [5, 5.41) is 0. The Kier molecular flexibility index (Phi) is 4.17. The van der Waals surface area contributed by atoms with E-state index in [1.165, 1.54) is 5.56 Å². The van der Waals surface area contributed by atoms with Crippen molar-refractivity contribution in [3.05, 3.63) is 54.2 Å². The number of anilines is 2. The summed E-state index contributed by atoms with van der Waals surface area (Å²) in [5.74, 6) is 1.22. The van der Waals surface area contributed by atoms with E-state index in [1.54, 1.807) is 7.11 Å². The van der Waals surface area contributed by atoms with Crippen LogP contribution in [0.5, 0.6) is 0 Å². The van der Waals surface area contributed by atoms with Crippen molar-refractivity contribution < 1.29 is 9.53 Å². The van der Waals surface area contributed by atoms with Gasteiger partial charge in [-0.05, 0) is 36.6 Å². The van der Waals surface area contributed by atoms with Crippen molar-refractivity contribution in [2.75, 3.05) is 43.2 Å². The Morgan fingerprint density at radius 2 is 1.88 bits per heavy atom. The molecular weight excluding hydrogens is 314 g/mol. The first kappa shape index (κ1) is 16.1. The summed E-state index contributed by atoms with van der Waals surface area (Å²) in [4.78, 5) is 22.0. The van der Waals surface area contributed by atoms with Gasteiger partial charge in [0.05, 0.1) is 12.0 Å². The summed E-state index contributed by atoms with van der Waals surface area (Å²) in [6, 6.07) is 14.2. The first-order chi connectivity index (χ1) is 12.3. The lowest BCUT2D eigenvalue weighted by atomic mass is 9.73. The number of benzene rings is 1. The van der Waals surface area contributed by atoms with Gasteiger partial charge in [-0.1, -0.05) is 24.3 Å². The van der Waals surface area contributed by atoms with Crippen molar-refractivity contribution >= 4 is 17.4 Å². The van der Waals surface area contributed by atoms with E-state index < -0.39 is 5.41 Å². The Labute approximate surface area is 148 Å². The topological polar surface area (TPSA) is 45.7 Å². The number of fused-ring (bicyclic) bond motifs is 2. The van der Waals surface area contributed by atoms with Crippen molar-refractivity contribution in [3.8, 4) is 0 Å². The van der Waals surface area contributed by atoms with Crippen LogP contribution < -0.4 is 9.80 Å². The maximum atomic E-state index is 13.3. The fourth-order valence-corrected chi connectivity index (χ4v) is 4.14. The van der Waals surface area contributed by atoms with Gasteiger partial charge in [-0.15, -0.1) is 0 Å². The van der Waals surface area contributed by atoms with Crippen LogP contribution in [0.4, 0.5) is 11.5 Å². The second kappa shape index (κ2) is 6.48. The molecule has 2 aliphatic rings. The SMILES string of the molecule is COCCN1C(=O)C2(CCN(c3ccccn3)CC2)c2ccccc21. The molecule has 0 N–H and O–H groups in total. The molecule has 5 heteroatoms. The minimum Gasteiger partial charge on any atom is -0.383 e. The Bertz CT molecular complexity index is 755. The number of carbonyl (C=O) groups excluding carboxylic acids is 1. The highest BCUT2D eigenvalue weighted by Gasteiger charge is 2.51. The summed E-state index contributed by atoms with van der Waals surface area (Å²) in [7, 11) is 1.67. The summed E-state index contributed by atoms with van der Waals surface area (Å²) in [5.41, 5.74) is 1.84. The number of piperidine rings is 1. The number of rotatable bonds is 4. The van der Waals surface area contributed by atoms with Crippen LogP contribution in [0.15, 0.2) is 48.7 Å². The molecule has 130 valence electrons. The zero-order valence-corrected chi connectivity index (χ0v) is 14.5. The Balaban J connectivity index is 1.61. The molecular formula is C20H23N3O2. The second-order valence-electron chi connectivity index (χ2n) is 6.72. The Hall–Kier alpha value is -2.40. The molecule has 0 radical (unpaired) electrons. The van der Waals surface area contributed by atoms with E-state index in [9.17, 15) is 4.79 Å². The van der Waals surface area contributed by atoms with Crippen LogP contribution in [0.3, 0.4) is 0 Å². The first-order valence-corrected chi connectivity index (χ1v) is 8.83. The molecule has 2 aliphatic heterocycles. The minimum absolute atomic E-state index is 0.228. The summed E-state index contributed by atoms with van der Waals surface area (Å²) in [6.07, 6.45) is 3.47. The van der Waals surface area contributed by atoms with Gasteiger partial charge in [-0.2, -0.15) is 0 Å². The second-order valence-corrected chi connectivity index (χ2v) is 6.72. The number of nitrogens with zero attached hydrogens (tertiary/aromatic N) is 3. The largest absolute Gasteiger partial charge is 0.383 e. The lowest BCUT2D eigenvalue weighted by Gasteiger charge is -2.39. The van der Waals surface area contributed by atoms with E-state index in [4.69, 9.17) is 4.74 Å². The third-order valence-corrected chi connectivity index (χ3v) is 5.47. The Morgan fingerprint density at radius 3 is 2.60 bits per heavy atom. The van der Waals surface area contributed by atoms with Gasteiger partial charge in [0.1, 0.15) is 5.82 Å². The number of ether oxygens (including phenoxy) is 1. The average Bonchev–Trinajstić information content (AvgIpc) is 2.90. The quantitative estimate of drug-likeness (QED) is 0.860. The maximum absolute atomic E-state index is 13.3. The molecule has 2 aromatic rings. The van der Waals surface area contributed by atoms with E-state index in [2.05, 4.69) is 22.0 Å². The number of aromatic nitrogens is 1. The molecule has 0 bridgehead atoms. The van der Waals surface area contributed by atoms with Gasteiger partial charge < -0.3 is 14.5 Å². The van der Waals surface area contributed by atoms with Gasteiger partial charge in [0.15, 0.2) is 0 Å². The van der Waals surface area contributed by atoms with E-state index in [-0.39, 0.29) is 5.91 Å². The van der Waals surface area contributed by atoms with Gasteiger partial charge in [-0.25, -0.2) is 4.98 Å². The highest BCUT2D eigenvalue weighted by Crippen LogP contribution is 2.48. The predicted octanol–water partition coefficient (Wildman–Crippen LogP) is 2.61. The van der Waals surface area contributed by atoms with Crippen molar-refractivity contribution in [1.82, 2.24) is 4.98 Å². The van der Waals surface area contributed by atoms with Crippen molar-refractivity contribution in [2.24, 2.45) is 0 Å². The number of para-hydroxylation sites is 1. The zero-order chi connectivity index (χ0) is 17.3. The third-order valence-electron chi connectivity index (χ3n) is 5.47. The highest BCUT2D eigenvalue weighted by molar-refractivity contribution is 6.08. The van der Waals surface area contributed by atoms with Crippen LogP contribution in [0.25, 0.3) is 0 Å². The number of carbonyl (C=O) groups is 1. The lowest BCUT2D eigenvalue weighted by Crippen LogP contribution is -2.49. The molecule has 1 aromatic carbocycles. The molecule has 1 spiro atoms. The fraction of sp³-hybridized carbons (Fsp3) is 0.400. The van der Waals surface area contributed by atoms with E-state index in [1.807, 2.05) is 41.4 Å². The number of amides is 1. The van der Waals surface area contributed by atoms with Gasteiger partial charge in [-0.3, -0.25) is 4.79 Å². The number of hydrogen-bond donors (Lipinski definition) is 0. The normalized spacial score (nSPS) is 18.7. The van der Waals surface area contributed by atoms with Crippen molar-refractivity contribution in [3.63, 3.8) is 0 Å². The molecule has 1 amide bonds. The molecule has 0 saturated carbocycles. The molecule has 5 nitrogen and oxygen atoms in total. The minimum atomic E-state index is -0.393. The van der Waals surface area contributed by atoms with E-state index in [0.717, 1.165) is 37.4 Å². The van der Waals surface area contributed by atoms with Crippen LogP contribution in [0.1, 0.15) is 18.4 Å². The van der Waals surface area contributed by atoms with Gasteiger partial charge >= 0.3 is 0 Å². The standard InChI is InChI=1S/C20H23N3O2/c1-25-15-14-23-17-7-3-2-6-16(17)20(19(23)24)9-12-22(13-10-20)18-8-4-5-11-21-18/h2-8,11H,9-10,12-15H2,1H3. The number of methoxy groups -OCH3 is 1. The molecule has 0 atom stereocenters. The lowest BCUT2D eigenvalue weighted by molar-refractivity contribution is -0.124. The van der Waals surface area contributed by atoms with Crippen LogP contribution in [-0.4, -0.2) is 44.2 Å². The molecule has 1 aromatic heterocycles. The molecule has 0 unspecified atom stereocenters. The number of hydrogen-bond acceptors (Lipinski definition) is 4. The molecule has 0 aliphatic carbocycles. The van der Waals surface area contributed by atoms with Crippen molar-refractivity contribution in [1.29, 1.82) is 0 Å². The summed E-state index contributed by atoms with van der Waals surface area (Å²) >= 11 is 0. The van der Waals surface area contributed by atoms with Gasteiger partial charge in [0.25, 0.3) is 0 Å². The molecule has 1 saturated heterocycles. The highest BCUT2D eigenvalue weighted by atomic mass is 16.5. The monoisotopic (exact) mass is 337 g/mol. The fourth-order valence-electron chi connectivity index (χ4n) is 4.14. The first-order valence-electron chi connectivity index (χ1n) is 8.83. The smallest absolute Gasteiger partial charge is 0.237 e. The predicted molar refractivity (Wildman–Crippen MR) is 98.0 cm³/mol. The third kappa shape index (κ3) is 2.59. The number of pyridine rings is 1. The van der Waals surface area contributed by atoms with Crippen LogP contribution in [0.2, 0.25) is 0 Å². The van der Waals surface area contributed by atoms with Gasteiger partial charge in [0.2, 0.25) is 5.91 Å². The molecule has 4 rings (SSSR count). The van der Waals surface area contributed by atoms with E-state index in [0.29, 0.717) is 13.2 Å². The zero-order valence-electron chi connectivity index (χ0n) is 14.5. The van der Waals surface area contributed by atoms with E-state index >= 15 is 0 Å². The summed E-state index contributed by atoms with van der Waals surface area (Å²) in [6.45, 7) is 2.85. The Morgan fingerprint density at radius 1 is 1.12 bits per heavy atom. The molecule has 1 fully saturated rings. The molecule has 3 heterocycles. The van der Waals surface area contributed by atoms with Gasteiger partial charge in [0, 0.05) is 38.6 Å². The maximum Gasteiger partial charge on any atom is 0.237 e. The van der Waals surface area contributed by atoms with Crippen LogP contribution in [-0.2, 0) is 14.9 Å².